The molecule has 0 amide bonds. The van der Waals surface area contributed by atoms with Crippen LogP contribution in [-0.2, 0) is 0 Å². The van der Waals surface area contributed by atoms with Crippen LogP contribution in [-0.4, -0.2) is 6.10 Å². The number of hydrogen-bond acceptors (Lipinski definition) is 4. The Morgan fingerprint density at radius 3 is 2.55 bits per heavy atom. The van der Waals surface area contributed by atoms with E-state index in [1.165, 1.54) is 0 Å². The molecule has 0 saturated carbocycles. The van der Waals surface area contributed by atoms with Crippen LogP contribution in [0.3, 0.4) is 0 Å². The van der Waals surface area contributed by atoms with E-state index in [0.717, 1.165) is 24.4 Å². The van der Waals surface area contributed by atoms with E-state index in [1.807, 2.05) is 38.1 Å². The summed E-state index contributed by atoms with van der Waals surface area (Å²) in [7, 11) is 0. The van der Waals surface area contributed by atoms with Crippen LogP contribution in [0.25, 0.3) is 0 Å². The Labute approximate surface area is 139 Å². The Hall–Kier alpha value is -0.400. The van der Waals surface area contributed by atoms with Crippen LogP contribution in [0.4, 0.5) is 0 Å². The first kappa shape index (κ1) is 16.0. The minimum atomic E-state index is -0.0571. The van der Waals surface area contributed by atoms with Crippen LogP contribution in [0.5, 0.6) is 5.75 Å². The third-order valence-electron chi connectivity index (χ3n) is 2.68. The van der Waals surface area contributed by atoms with Crippen molar-refractivity contribution in [3.05, 3.63) is 49.0 Å². The van der Waals surface area contributed by atoms with Gasteiger partial charge in [0.15, 0.2) is 0 Å². The molecule has 1 unspecified atom stereocenters. The molecule has 1 heterocycles. The first-order valence-electron chi connectivity index (χ1n) is 6.18. The van der Waals surface area contributed by atoms with Gasteiger partial charge in [-0.3, -0.25) is 5.84 Å². The van der Waals surface area contributed by atoms with Crippen LogP contribution in [0.1, 0.15) is 30.3 Å². The normalized spacial score (nSPS) is 12.7. The molecule has 20 heavy (non-hydrogen) atoms. The minimum Gasteiger partial charge on any atom is -0.491 e. The van der Waals surface area contributed by atoms with E-state index < -0.39 is 0 Å². The summed E-state index contributed by atoms with van der Waals surface area (Å²) in [6.45, 7) is 4.03. The fourth-order valence-electron chi connectivity index (χ4n) is 1.89. The lowest BCUT2D eigenvalue weighted by Crippen LogP contribution is -2.28. The van der Waals surface area contributed by atoms with E-state index in [0.29, 0.717) is 0 Å². The minimum absolute atomic E-state index is 0.0571. The largest absolute Gasteiger partial charge is 0.491 e. The highest BCUT2D eigenvalue weighted by molar-refractivity contribution is 9.13. The van der Waals surface area contributed by atoms with E-state index >= 15 is 0 Å². The van der Waals surface area contributed by atoms with Gasteiger partial charge in [-0.1, -0.05) is 12.1 Å². The third-order valence-corrected chi connectivity index (χ3v) is 6.00. The topological polar surface area (TPSA) is 47.3 Å². The maximum atomic E-state index is 5.73. The number of hydrogen-bond donors (Lipinski definition) is 2. The average molecular weight is 420 g/mol. The van der Waals surface area contributed by atoms with Gasteiger partial charge in [-0.25, -0.2) is 5.43 Å². The number of nitrogens with two attached hydrogens (primary N) is 1. The first-order chi connectivity index (χ1) is 9.51. The Bertz CT molecular complexity index is 567. The highest BCUT2D eigenvalue weighted by atomic mass is 79.9. The predicted octanol–water partition coefficient (Wildman–Crippen LogP) is 4.61. The van der Waals surface area contributed by atoms with E-state index in [2.05, 4.69) is 43.4 Å². The summed E-state index contributed by atoms with van der Waals surface area (Å²) in [5, 5.41) is 0. The van der Waals surface area contributed by atoms with Crippen LogP contribution in [0.15, 0.2) is 38.6 Å². The molecule has 0 fully saturated rings. The summed E-state index contributed by atoms with van der Waals surface area (Å²) in [6.07, 6.45) is 0.152. The summed E-state index contributed by atoms with van der Waals surface area (Å²) < 4.78 is 7.82. The summed E-state index contributed by atoms with van der Waals surface area (Å²) in [5.74, 6) is 6.59. The van der Waals surface area contributed by atoms with Crippen LogP contribution in [0, 0.1) is 0 Å². The lowest BCUT2D eigenvalue weighted by molar-refractivity contribution is 0.242. The molecule has 2 rings (SSSR count). The molecule has 3 N–H and O–H groups in total. The van der Waals surface area contributed by atoms with E-state index in [1.54, 1.807) is 11.3 Å². The smallest absolute Gasteiger partial charge is 0.120 e. The number of benzene rings is 1. The Kier molecular flexibility index (Phi) is 5.63. The van der Waals surface area contributed by atoms with Crippen LogP contribution in [0.2, 0.25) is 0 Å². The number of nitrogens with one attached hydrogen (secondary N) is 1. The molecule has 2 aromatic rings. The number of hydrazine groups is 1. The number of rotatable bonds is 5. The number of halogens is 2. The summed E-state index contributed by atoms with van der Waals surface area (Å²) >= 11 is 8.66. The first-order valence-corrected chi connectivity index (χ1v) is 8.59. The molecule has 1 atom stereocenters. The zero-order chi connectivity index (χ0) is 14.7. The van der Waals surface area contributed by atoms with E-state index in [4.69, 9.17) is 10.6 Å². The highest BCUT2D eigenvalue weighted by Crippen LogP contribution is 2.37. The highest BCUT2D eigenvalue weighted by Gasteiger charge is 2.17. The third kappa shape index (κ3) is 3.83. The van der Waals surface area contributed by atoms with Gasteiger partial charge in [-0.2, -0.15) is 0 Å². The van der Waals surface area contributed by atoms with Crippen LogP contribution < -0.4 is 16.0 Å². The number of ether oxygens (including phenoxy) is 1. The quantitative estimate of drug-likeness (QED) is 0.549. The predicted molar refractivity (Wildman–Crippen MR) is 91.1 cm³/mol. The molecular formula is C14H16Br2N2OS. The second-order valence-electron chi connectivity index (χ2n) is 4.61. The van der Waals surface area contributed by atoms with Gasteiger partial charge in [0.05, 0.1) is 15.9 Å². The van der Waals surface area contributed by atoms with Gasteiger partial charge < -0.3 is 4.74 Å². The summed E-state index contributed by atoms with van der Waals surface area (Å²) in [6, 6.07) is 10.0. The standard InChI is InChI=1S/C14H16Br2N2OS/c1-8(2)19-10-5-3-4-9(6-10)13(18-17)12-7-11(15)14(16)20-12/h3-8,13,18H,17H2,1-2H3. The maximum Gasteiger partial charge on any atom is 0.120 e. The Morgan fingerprint density at radius 1 is 1.25 bits per heavy atom. The zero-order valence-corrected chi connectivity index (χ0v) is 15.2. The Balaban J connectivity index is 2.31. The molecule has 0 spiro atoms. The zero-order valence-electron chi connectivity index (χ0n) is 11.2. The van der Waals surface area contributed by atoms with Gasteiger partial charge in [-0.15, -0.1) is 11.3 Å². The van der Waals surface area contributed by atoms with E-state index in [-0.39, 0.29) is 12.1 Å². The second kappa shape index (κ2) is 7.04. The SMILES string of the molecule is CC(C)Oc1cccc(C(NN)c2cc(Br)c(Br)s2)c1. The van der Waals surface area contributed by atoms with Gasteiger partial charge in [0, 0.05) is 9.35 Å². The summed E-state index contributed by atoms with van der Waals surface area (Å²) in [4.78, 5) is 1.13. The summed E-state index contributed by atoms with van der Waals surface area (Å²) in [5.41, 5.74) is 3.94. The molecule has 108 valence electrons. The monoisotopic (exact) mass is 418 g/mol. The molecule has 0 radical (unpaired) electrons. The lowest BCUT2D eigenvalue weighted by atomic mass is 10.1. The van der Waals surface area contributed by atoms with Crippen molar-refractivity contribution in [2.45, 2.75) is 26.0 Å². The van der Waals surface area contributed by atoms with Gasteiger partial charge in [0.1, 0.15) is 5.75 Å². The lowest BCUT2D eigenvalue weighted by Gasteiger charge is -2.17. The molecule has 0 saturated heterocycles. The molecule has 0 bridgehead atoms. The maximum absolute atomic E-state index is 5.73. The van der Waals surface area contributed by atoms with Crippen molar-refractivity contribution >= 4 is 43.2 Å². The van der Waals surface area contributed by atoms with Crippen molar-refractivity contribution in [1.29, 1.82) is 0 Å². The van der Waals surface area contributed by atoms with Crippen molar-refractivity contribution in [1.82, 2.24) is 5.43 Å². The molecule has 0 aliphatic heterocycles. The van der Waals surface area contributed by atoms with E-state index in [9.17, 15) is 0 Å². The molecule has 3 nitrogen and oxygen atoms in total. The van der Waals surface area contributed by atoms with Crippen molar-refractivity contribution < 1.29 is 4.74 Å². The average Bonchev–Trinajstić information content (AvgIpc) is 2.70. The number of thiophene rings is 1. The molecule has 1 aromatic carbocycles. The fraction of sp³-hybridized carbons (Fsp3) is 0.286. The second-order valence-corrected chi connectivity index (χ2v) is 7.87. The van der Waals surface area contributed by atoms with Crippen molar-refractivity contribution in [2.24, 2.45) is 5.84 Å². The molecule has 1 aromatic heterocycles. The van der Waals surface area contributed by atoms with Gasteiger partial charge in [0.25, 0.3) is 0 Å². The fourth-order valence-corrected chi connectivity index (χ4v) is 4.07. The molecule has 0 aliphatic rings. The van der Waals surface area contributed by atoms with Crippen molar-refractivity contribution in [3.8, 4) is 5.75 Å². The van der Waals surface area contributed by atoms with Gasteiger partial charge in [0.2, 0.25) is 0 Å². The molecule has 0 aliphatic carbocycles. The van der Waals surface area contributed by atoms with Crippen LogP contribution >= 0.6 is 43.2 Å². The molecular weight excluding hydrogens is 404 g/mol. The van der Waals surface area contributed by atoms with Gasteiger partial charge in [-0.05, 0) is 69.5 Å². The molecule has 6 heteroatoms. The van der Waals surface area contributed by atoms with Crippen molar-refractivity contribution in [3.63, 3.8) is 0 Å². The van der Waals surface area contributed by atoms with Gasteiger partial charge >= 0.3 is 0 Å². The van der Waals surface area contributed by atoms with Crippen molar-refractivity contribution in [2.75, 3.05) is 0 Å². The Morgan fingerprint density at radius 2 is 2.00 bits per heavy atom.